The number of rotatable bonds is 5. The fourth-order valence-electron chi connectivity index (χ4n) is 2.37. The van der Waals surface area contributed by atoms with E-state index in [-0.39, 0.29) is 11.9 Å². The van der Waals surface area contributed by atoms with Crippen molar-refractivity contribution in [3.8, 4) is 11.5 Å². The van der Waals surface area contributed by atoms with Crippen molar-refractivity contribution in [2.75, 3.05) is 5.73 Å². The predicted octanol–water partition coefficient (Wildman–Crippen LogP) is 6.03. The van der Waals surface area contributed by atoms with Gasteiger partial charge in [-0.3, -0.25) is 0 Å². The fraction of sp³-hybridized carbons (Fsp3) is 0.100. The highest BCUT2D eigenvalue weighted by Gasteiger charge is 2.10. The normalized spacial score (nSPS) is 11.9. The van der Waals surface area contributed by atoms with Gasteiger partial charge in [0.15, 0.2) is 0 Å². The van der Waals surface area contributed by atoms with Crippen LogP contribution >= 0.6 is 27.7 Å². The number of benzene rings is 3. The number of hydrogen-bond acceptors (Lipinski definition) is 4. The van der Waals surface area contributed by atoms with E-state index < -0.39 is 0 Å². The summed E-state index contributed by atoms with van der Waals surface area (Å²) in [6, 6.07) is 20.8. The minimum atomic E-state index is -0.0764. The average Bonchev–Trinajstić information content (AvgIpc) is 2.59. The molecule has 0 aliphatic carbocycles. The molecular weight excluding hydrogens is 398 g/mol. The van der Waals surface area contributed by atoms with Crippen LogP contribution in [0.2, 0.25) is 0 Å². The summed E-state index contributed by atoms with van der Waals surface area (Å²) in [7, 11) is 0. The molecule has 0 aliphatic rings. The number of hydrogen-bond donors (Lipinski definition) is 2. The maximum atomic E-state index is 9.36. The molecule has 3 aromatic rings. The standard InChI is InChI=1S/C20H18BrNO2S/c1-13(14-3-2-4-15(21)11-14)24-17-7-10-20(19(22)12-17)25-18-8-5-16(23)6-9-18/h2-13,23H,22H2,1H3/t13-/m1/s1. The summed E-state index contributed by atoms with van der Waals surface area (Å²) >= 11 is 5.03. The maximum Gasteiger partial charge on any atom is 0.122 e. The van der Waals surface area contributed by atoms with E-state index in [1.165, 1.54) is 0 Å². The number of halogens is 1. The van der Waals surface area contributed by atoms with Crippen molar-refractivity contribution >= 4 is 33.4 Å². The van der Waals surface area contributed by atoms with Crippen LogP contribution in [0.3, 0.4) is 0 Å². The molecule has 1 atom stereocenters. The van der Waals surface area contributed by atoms with Gasteiger partial charge in [0, 0.05) is 26.0 Å². The molecule has 3 nitrogen and oxygen atoms in total. The molecule has 0 bridgehead atoms. The van der Waals surface area contributed by atoms with E-state index in [4.69, 9.17) is 10.5 Å². The van der Waals surface area contributed by atoms with Gasteiger partial charge in [-0.15, -0.1) is 0 Å². The summed E-state index contributed by atoms with van der Waals surface area (Å²) in [6.45, 7) is 2.01. The monoisotopic (exact) mass is 415 g/mol. The van der Waals surface area contributed by atoms with Crippen LogP contribution in [0.4, 0.5) is 5.69 Å². The van der Waals surface area contributed by atoms with Crippen molar-refractivity contribution in [1.82, 2.24) is 0 Å². The van der Waals surface area contributed by atoms with Crippen molar-refractivity contribution in [2.24, 2.45) is 0 Å². The second kappa shape index (κ2) is 7.85. The number of nitrogen functional groups attached to an aromatic ring is 1. The molecule has 0 radical (unpaired) electrons. The van der Waals surface area contributed by atoms with Crippen molar-refractivity contribution in [3.05, 3.63) is 76.8 Å². The quantitative estimate of drug-likeness (QED) is 0.499. The lowest BCUT2D eigenvalue weighted by Gasteiger charge is -2.16. The van der Waals surface area contributed by atoms with Crippen LogP contribution in [0.1, 0.15) is 18.6 Å². The van der Waals surface area contributed by atoms with Crippen LogP contribution in [0.15, 0.2) is 81.0 Å². The molecule has 0 aromatic heterocycles. The van der Waals surface area contributed by atoms with E-state index in [0.717, 1.165) is 25.6 Å². The molecular formula is C20H18BrNO2S. The van der Waals surface area contributed by atoms with Crippen LogP contribution in [0.5, 0.6) is 11.5 Å². The van der Waals surface area contributed by atoms with Gasteiger partial charge >= 0.3 is 0 Å². The SMILES string of the molecule is C[C@@H](Oc1ccc(Sc2ccc(O)cc2)c(N)c1)c1cccc(Br)c1. The van der Waals surface area contributed by atoms with Gasteiger partial charge in [-0.25, -0.2) is 0 Å². The molecule has 128 valence electrons. The van der Waals surface area contributed by atoms with Gasteiger partial charge in [-0.2, -0.15) is 0 Å². The Balaban J connectivity index is 1.72. The first kappa shape index (κ1) is 17.7. The highest BCUT2D eigenvalue weighted by Crippen LogP contribution is 2.35. The van der Waals surface area contributed by atoms with Crippen LogP contribution in [0.25, 0.3) is 0 Å². The fourth-order valence-corrected chi connectivity index (χ4v) is 3.62. The smallest absolute Gasteiger partial charge is 0.122 e. The highest BCUT2D eigenvalue weighted by atomic mass is 79.9. The summed E-state index contributed by atoms with van der Waals surface area (Å²) in [5.74, 6) is 0.989. The van der Waals surface area contributed by atoms with Crippen molar-refractivity contribution < 1.29 is 9.84 Å². The lowest BCUT2D eigenvalue weighted by Crippen LogP contribution is -2.03. The van der Waals surface area contributed by atoms with Crippen molar-refractivity contribution in [1.29, 1.82) is 0 Å². The van der Waals surface area contributed by atoms with E-state index in [1.54, 1.807) is 23.9 Å². The Morgan fingerprint density at radius 3 is 2.48 bits per heavy atom. The number of phenolic OH excluding ortho intramolecular Hbond substituents is 1. The van der Waals surface area contributed by atoms with Crippen LogP contribution in [0, 0.1) is 0 Å². The predicted molar refractivity (Wildman–Crippen MR) is 106 cm³/mol. The molecule has 0 unspecified atom stereocenters. The van der Waals surface area contributed by atoms with Gasteiger partial charge in [-0.05, 0) is 61.0 Å². The number of anilines is 1. The lowest BCUT2D eigenvalue weighted by molar-refractivity contribution is 0.227. The molecule has 0 saturated carbocycles. The molecule has 0 heterocycles. The topological polar surface area (TPSA) is 55.5 Å². The molecule has 3 N–H and O–H groups in total. The van der Waals surface area contributed by atoms with Gasteiger partial charge < -0.3 is 15.6 Å². The van der Waals surface area contributed by atoms with Crippen molar-refractivity contribution in [2.45, 2.75) is 22.8 Å². The molecule has 0 aliphatic heterocycles. The first-order valence-corrected chi connectivity index (χ1v) is 9.41. The second-order valence-electron chi connectivity index (χ2n) is 5.61. The van der Waals surface area contributed by atoms with Crippen molar-refractivity contribution in [3.63, 3.8) is 0 Å². The Morgan fingerprint density at radius 2 is 1.80 bits per heavy atom. The Bertz CT molecular complexity index is 868. The minimum Gasteiger partial charge on any atom is -0.508 e. The van der Waals surface area contributed by atoms with Crippen LogP contribution < -0.4 is 10.5 Å². The Morgan fingerprint density at radius 1 is 1.04 bits per heavy atom. The third kappa shape index (κ3) is 4.71. The molecule has 5 heteroatoms. The van der Waals surface area contributed by atoms with Gasteiger partial charge in [0.1, 0.15) is 17.6 Å². The first-order valence-electron chi connectivity index (χ1n) is 7.80. The Labute approximate surface area is 160 Å². The maximum absolute atomic E-state index is 9.36. The first-order chi connectivity index (χ1) is 12.0. The van der Waals surface area contributed by atoms with E-state index in [0.29, 0.717) is 5.69 Å². The van der Waals surface area contributed by atoms with Crippen LogP contribution in [-0.2, 0) is 0 Å². The molecule has 0 amide bonds. The van der Waals surface area contributed by atoms with E-state index in [9.17, 15) is 5.11 Å². The zero-order valence-corrected chi connectivity index (χ0v) is 16.0. The number of phenols is 1. The summed E-state index contributed by atoms with van der Waals surface area (Å²) in [5.41, 5.74) is 7.94. The minimum absolute atomic E-state index is 0.0764. The van der Waals surface area contributed by atoms with Gasteiger partial charge in [0.25, 0.3) is 0 Å². The van der Waals surface area contributed by atoms with Crippen LogP contribution in [-0.4, -0.2) is 5.11 Å². The number of nitrogens with two attached hydrogens (primary N) is 1. The molecule has 0 fully saturated rings. The number of aromatic hydroxyl groups is 1. The van der Waals surface area contributed by atoms with Gasteiger partial charge in [0.05, 0.1) is 0 Å². The Kier molecular flexibility index (Phi) is 5.56. The molecule has 3 rings (SSSR count). The Hall–Kier alpha value is -2.11. The summed E-state index contributed by atoms with van der Waals surface area (Å²) in [4.78, 5) is 1.97. The van der Waals surface area contributed by atoms with Gasteiger partial charge in [-0.1, -0.05) is 39.8 Å². The highest BCUT2D eigenvalue weighted by molar-refractivity contribution is 9.10. The zero-order valence-electron chi connectivity index (χ0n) is 13.6. The van der Waals surface area contributed by atoms with E-state index in [1.807, 2.05) is 61.5 Å². The largest absolute Gasteiger partial charge is 0.508 e. The number of ether oxygens (including phenoxy) is 1. The second-order valence-corrected chi connectivity index (χ2v) is 7.64. The van der Waals surface area contributed by atoms with E-state index in [2.05, 4.69) is 15.9 Å². The summed E-state index contributed by atoms with van der Waals surface area (Å²) < 4.78 is 7.04. The molecule has 0 saturated heterocycles. The zero-order chi connectivity index (χ0) is 17.8. The third-order valence-corrected chi connectivity index (χ3v) is 5.27. The lowest BCUT2D eigenvalue weighted by atomic mass is 10.1. The average molecular weight is 416 g/mol. The molecule has 3 aromatic carbocycles. The van der Waals surface area contributed by atoms with Gasteiger partial charge in [0.2, 0.25) is 0 Å². The summed E-state index contributed by atoms with van der Waals surface area (Å²) in [6.07, 6.45) is -0.0764. The molecule has 0 spiro atoms. The molecule has 25 heavy (non-hydrogen) atoms. The van der Waals surface area contributed by atoms with E-state index >= 15 is 0 Å². The summed E-state index contributed by atoms with van der Waals surface area (Å²) in [5, 5.41) is 9.36. The third-order valence-electron chi connectivity index (χ3n) is 3.68.